The molecule has 3 rings (SSSR count). The fourth-order valence-electron chi connectivity index (χ4n) is 2.39. The Bertz CT molecular complexity index is 530. The SMILES string of the molecule is Cc1ccc(-n2cnnn2)cc1NCC1CCCN1. The molecule has 1 aromatic carbocycles. The van der Waals surface area contributed by atoms with Gasteiger partial charge in [0, 0.05) is 18.3 Å². The van der Waals surface area contributed by atoms with Gasteiger partial charge in [-0.25, -0.2) is 4.68 Å². The summed E-state index contributed by atoms with van der Waals surface area (Å²) in [5.41, 5.74) is 3.34. The van der Waals surface area contributed by atoms with Crippen molar-refractivity contribution in [2.45, 2.75) is 25.8 Å². The first kappa shape index (κ1) is 12.1. The van der Waals surface area contributed by atoms with Gasteiger partial charge in [-0.05, 0) is 54.4 Å². The average Bonchev–Trinajstić information content (AvgIpc) is 3.11. The minimum absolute atomic E-state index is 0.580. The van der Waals surface area contributed by atoms with Crippen LogP contribution in [0.5, 0.6) is 0 Å². The molecule has 6 heteroatoms. The highest BCUT2D eigenvalue weighted by Gasteiger charge is 2.13. The summed E-state index contributed by atoms with van der Waals surface area (Å²) >= 11 is 0. The summed E-state index contributed by atoms with van der Waals surface area (Å²) in [6, 6.07) is 6.77. The average molecular weight is 258 g/mol. The predicted octanol–water partition coefficient (Wildman–Crippen LogP) is 1.13. The fraction of sp³-hybridized carbons (Fsp3) is 0.462. The molecule has 2 aromatic rings. The van der Waals surface area contributed by atoms with Crippen LogP contribution in [0.1, 0.15) is 18.4 Å². The molecule has 0 spiro atoms. The summed E-state index contributed by atoms with van der Waals surface area (Å²) in [4.78, 5) is 0. The minimum Gasteiger partial charge on any atom is -0.383 e. The van der Waals surface area contributed by atoms with Gasteiger partial charge >= 0.3 is 0 Å². The van der Waals surface area contributed by atoms with Gasteiger partial charge in [0.2, 0.25) is 0 Å². The van der Waals surface area contributed by atoms with Crippen LogP contribution in [0.15, 0.2) is 24.5 Å². The monoisotopic (exact) mass is 258 g/mol. The zero-order valence-corrected chi connectivity index (χ0v) is 11.0. The van der Waals surface area contributed by atoms with Gasteiger partial charge in [0.1, 0.15) is 6.33 Å². The van der Waals surface area contributed by atoms with Gasteiger partial charge in [0.05, 0.1) is 5.69 Å². The van der Waals surface area contributed by atoms with Crippen molar-refractivity contribution in [3.8, 4) is 5.69 Å². The van der Waals surface area contributed by atoms with Crippen molar-refractivity contribution < 1.29 is 0 Å². The molecule has 0 amide bonds. The fourth-order valence-corrected chi connectivity index (χ4v) is 2.39. The van der Waals surface area contributed by atoms with E-state index in [1.54, 1.807) is 11.0 Å². The number of benzene rings is 1. The smallest absolute Gasteiger partial charge is 0.143 e. The van der Waals surface area contributed by atoms with E-state index in [1.165, 1.54) is 18.4 Å². The van der Waals surface area contributed by atoms with Crippen LogP contribution in [0.2, 0.25) is 0 Å². The molecular weight excluding hydrogens is 240 g/mol. The maximum absolute atomic E-state index is 3.91. The first-order chi connectivity index (χ1) is 9.33. The highest BCUT2D eigenvalue weighted by Crippen LogP contribution is 2.19. The highest BCUT2D eigenvalue weighted by molar-refractivity contribution is 5.56. The third kappa shape index (κ3) is 2.73. The van der Waals surface area contributed by atoms with E-state index in [1.807, 2.05) is 6.07 Å². The van der Waals surface area contributed by atoms with E-state index in [0.29, 0.717) is 6.04 Å². The largest absolute Gasteiger partial charge is 0.383 e. The van der Waals surface area contributed by atoms with Crippen molar-refractivity contribution in [1.29, 1.82) is 0 Å². The third-order valence-electron chi connectivity index (χ3n) is 3.54. The number of tetrazole rings is 1. The van der Waals surface area contributed by atoms with Crippen molar-refractivity contribution in [3.05, 3.63) is 30.1 Å². The van der Waals surface area contributed by atoms with Crippen molar-refractivity contribution in [2.75, 3.05) is 18.4 Å². The number of anilines is 1. The molecule has 6 nitrogen and oxygen atoms in total. The summed E-state index contributed by atoms with van der Waals surface area (Å²) in [5, 5.41) is 18.2. The second kappa shape index (κ2) is 5.36. The number of hydrogen-bond donors (Lipinski definition) is 2. The van der Waals surface area contributed by atoms with Gasteiger partial charge in [0.25, 0.3) is 0 Å². The molecule has 0 radical (unpaired) electrons. The maximum atomic E-state index is 3.91. The van der Waals surface area contributed by atoms with E-state index in [9.17, 15) is 0 Å². The Morgan fingerprint density at radius 3 is 3.16 bits per heavy atom. The molecule has 2 heterocycles. The normalized spacial score (nSPS) is 18.7. The van der Waals surface area contributed by atoms with Gasteiger partial charge in [-0.3, -0.25) is 0 Å². The molecule has 1 aromatic heterocycles. The Hall–Kier alpha value is -1.95. The summed E-state index contributed by atoms with van der Waals surface area (Å²) < 4.78 is 1.67. The van der Waals surface area contributed by atoms with Crippen LogP contribution in [0.3, 0.4) is 0 Å². The molecule has 100 valence electrons. The molecular formula is C13H18N6. The minimum atomic E-state index is 0.580. The summed E-state index contributed by atoms with van der Waals surface area (Å²) in [7, 11) is 0. The molecule has 1 saturated heterocycles. The second-order valence-corrected chi connectivity index (χ2v) is 4.93. The van der Waals surface area contributed by atoms with Crippen molar-refractivity contribution in [2.24, 2.45) is 0 Å². The topological polar surface area (TPSA) is 67.7 Å². The van der Waals surface area contributed by atoms with E-state index in [0.717, 1.165) is 24.5 Å². The summed E-state index contributed by atoms with van der Waals surface area (Å²) in [6.07, 6.45) is 4.13. The van der Waals surface area contributed by atoms with E-state index in [4.69, 9.17) is 0 Å². The lowest BCUT2D eigenvalue weighted by Gasteiger charge is -2.15. The van der Waals surface area contributed by atoms with Crippen molar-refractivity contribution >= 4 is 5.69 Å². The number of aromatic nitrogens is 4. The Balaban J connectivity index is 1.74. The quantitative estimate of drug-likeness (QED) is 0.860. The highest BCUT2D eigenvalue weighted by atomic mass is 15.5. The Kier molecular flexibility index (Phi) is 3.41. The Labute approximate surface area is 112 Å². The molecule has 0 aliphatic carbocycles. The number of nitrogens with zero attached hydrogens (tertiary/aromatic N) is 4. The molecule has 2 N–H and O–H groups in total. The van der Waals surface area contributed by atoms with Crippen molar-refractivity contribution in [3.63, 3.8) is 0 Å². The summed E-state index contributed by atoms with van der Waals surface area (Å²) in [6.45, 7) is 4.20. The van der Waals surface area contributed by atoms with Gasteiger partial charge in [-0.15, -0.1) is 5.10 Å². The van der Waals surface area contributed by atoms with E-state index < -0.39 is 0 Å². The molecule has 0 saturated carbocycles. The van der Waals surface area contributed by atoms with Gasteiger partial charge in [-0.1, -0.05) is 6.07 Å². The molecule has 1 atom stereocenters. The van der Waals surface area contributed by atoms with Crippen LogP contribution in [0.25, 0.3) is 5.69 Å². The van der Waals surface area contributed by atoms with E-state index in [2.05, 4.69) is 45.2 Å². The van der Waals surface area contributed by atoms with Crippen LogP contribution in [-0.2, 0) is 0 Å². The first-order valence-electron chi connectivity index (χ1n) is 6.64. The number of aryl methyl sites for hydroxylation is 1. The van der Waals surface area contributed by atoms with Crippen molar-refractivity contribution in [1.82, 2.24) is 25.5 Å². The van der Waals surface area contributed by atoms with Crippen LogP contribution >= 0.6 is 0 Å². The molecule has 1 aliphatic rings. The van der Waals surface area contributed by atoms with E-state index in [-0.39, 0.29) is 0 Å². The number of rotatable bonds is 4. The van der Waals surface area contributed by atoms with Crippen LogP contribution in [0.4, 0.5) is 5.69 Å². The number of hydrogen-bond acceptors (Lipinski definition) is 5. The van der Waals surface area contributed by atoms with Gasteiger partial charge in [0.15, 0.2) is 0 Å². The molecule has 19 heavy (non-hydrogen) atoms. The first-order valence-corrected chi connectivity index (χ1v) is 6.64. The zero-order chi connectivity index (χ0) is 13.1. The molecule has 1 aliphatic heterocycles. The van der Waals surface area contributed by atoms with Gasteiger partial charge < -0.3 is 10.6 Å². The predicted molar refractivity (Wildman–Crippen MR) is 73.4 cm³/mol. The Morgan fingerprint density at radius 1 is 1.47 bits per heavy atom. The zero-order valence-electron chi connectivity index (χ0n) is 11.0. The van der Waals surface area contributed by atoms with Crippen LogP contribution < -0.4 is 10.6 Å². The lowest BCUT2D eigenvalue weighted by molar-refractivity contribution is 0.633. The standard InChI is InChI=1S/C13H18N6/c1-10-4-5-12(19-9-16-17-18-19)7-13(10)15-8-11-3-2-6-14-11/h4-5,7,9,11,14-15H,2-3,6,8H2,1H3. The maximum Gasteiger partial charge on any atom is 0.143 e. The summed E-state index contributed by atoms with van der Waals surface area (Å²) in [5.74, 6) is 0. The second-order valence-electron chi connectivity index (χ2n) is 4.93. The third-order valence-corrected chi connectivity index (χ3v) is 3.54. The Morgan fingerprint density at radius 2 is 2.42 bits per heavy atom. The molecule has 0 bridgehead atoms. The molecule has 1 fully saturated rings. The lowest BCUT2D eigenvalue weighted by Crippen LogP contribution is -2.29. The lowest BCUT2D eigenvalue weighted by atomic mass is 10.1. The van der Waals surface area contributed by atoms with Gasteiger partial charge in [-0.2, -0.15) is 0 Å². The van der Waals surface area contributed by atoms with Crippen LogP contribution in [-0.4, -0.2) is 39.3 Å². The molecule has 1 unspecified atom stereocenters. The van der Waals surface area contributed by atoms with E-state index >= 15 is 0 Å². The number of nitrogens with one attached hydrogen (secondary N) is 2. The van der Waals surface area contributed by atoms with Crippen LogP contribution in [0, 0.1) is 6.92 Å².